The summed E-state index contributed by atoms with van der Waals surface area (Å²) in [4.78, 5) is 27.6. The van der Waals surface area contributed by atoms with E-state index in [9.17, 15) is 19.1 Å². The van der Waals surface area contributed by atoms with E-state index in [1.807, 2.05) is 0 Å². The molecule has 8 nitrogen and oxygen atoms in total. The fraction of sp³-hybridized carbons (Fsp3) is 0.429. The standard InChI is InChI=1S/C35H45FN2O6/c1-4-28(43-23-24-44-33-13-7-5-11-30(33)36)18-15-26(2)35(41)31(25-38-21-9-10-22-38)37-34(40)14-8-6-12-32(39)27-16-19-29(42-3)20-17-27/h4-5,7,11,13,15-20,31,35,41H,1,6,8-10,12,14,21-25H2,2-3H3,(H,37,40)/b26-15+,28-18+/t31-,35-/m1/s1. The summed E-state index contributed by atoms with van der Waals surface area (Å²) >= 11 is 0. The summed E-state index contributed by atoms with van der Waals surface area (Å²) in [5.41, 5.74) is 1.28. The number of hydrogen-bond donors (Lipinski definition) is 2. The Kier molecular flexibility index (Phi) is 14.6. The van der Waals surface area contributed by atoms with Gasteiger partial charge in [-0.1, -0.05) is 24.8 Å². The van der Waals surface area contributed by atoms with E-state index in [1.54, 1.807) is 74.7 Å². The van der Waals surface area contributed by atoms with Crippen molar-refractivity contribution in [3.8, 4) is 11.5 Å². The number of methoxy groups -OCH3 is 1. The van der Waals surface area contributed by atoms with Gasteiger partial charge in [0.25, 0.3) is 0 Å². The molecule has 0 saturated carbocycles. The highest BCUT2D eigenvalue weighted by molar-refractivity contribution is 5.96. The smallest absolute Gasteiger partial charge is 0.220 e. The number of ether oxygens (including phenoxy) is 3. The maximum atomic E-state index is 13.7. The van der Waals surface area contributed by atoms with Crippen LogP contribution in [0, 0.1) is 5.82 Å². The number of benzene rings is 2. The number of hydrogen-bond acceptors (Lipinski definition) is 7. The van der Waals surface area contributed by atoms with Crippen LogP contribution in [-0.2, 0) is 9.53 Å². The minimum atomic E-state index is -0.914. The van der Waals surface area contributed by atoms with Crippen LogP contribution < -0.4 is 14.8 Å². The normalized spacial score (nSPS) is 15.4. The van der Waals surface area contributed by atoms with Crippen LogP contribution >= 0.6 is 0 Å². The lowest BCUT2D eigenvalue weighted by Gasteiger charge is -2.29. The molecule has 2 aromatic carbocycles. The van der Waals surface area contributed by atoms with Crippen molar-refractivity contribution in [3.63, 3.8) is 0 Å². The highest BCUT2D eigenvalue weighted by Gasteiger charge is 2.26. The quantitative estimate of drug-likeness (QED) is 0.0924. The summed E-state index contributed by atoms with van der Waals surface area (Å²) in [6.45, 7) is 8.30. The van der Waals surface area contributed by atoms with Gasteiger partial charge in [0.1, 0.15) is 24.7 Å². The average molecular weight is 609 g/mol. The van der Waals surface area contributed by atoms with E-state index in [4.69, 9.17) is 14.2 Å². The molecule has 1 amide bonds. The van der Waals surface area contributed by atoms with E-state index in [0.29, 0.717) is 48.5 Å². The van der Waals surface area contributed by atoms with Gasteiger partial charge in [-0.3, -0.25) is 9.59 Å². The van der Waals surface area contributed by atoms with Crippen molar-refractivity contribution in [2.45, 2.75) is 57.6 Å². The van der Waals surface area contributed by atoms with Gasteiger partial charge in [0.15, 0.2) is 17.3 Å². The number of nitrogens with one attached hydrogen (secondary N) is 1. The topological polar surface area (TPSA) is 97.3 Å². The largest absolute Gasteiger partial charge is 0.497 e. The van der Waals surface area contributed by atoms with Gasteiger partial charge in [0.2, 0.25) is 5.91 Å². The molecule has 238 valence electrons. The van der Waals surface area contributed by atoms with Gasteiger partial charge >= 0.3 is 0 Å². The van der Waals surface area contributed by atoms with Gasteiger partial charge in [-0.2, -0.15) is 0 Å². The molecule has 1 heterocycles. The lowest BCUT2D eigenvalue weighted by atomic mass is 10.0. The number of carbonyl (C=O) groups is 2. The van der Waals surface area contributed by atoms with Crippen molar-refractivity contribution in [1.29, 1.82) is 0 Å². The molecule has 2 aromatic rings. The lowest BCUT2D eigenvalue weighted by Crippen LogP contribution is -2.50. The van der Waals surface area contributed by atoms with E-state index >= 15 is 0 Å². The van der Waals surface area contributed by atoms with Gasteiger partial charge < -0.3 is 29.5 Å². The highest BCUT2D eigenvalue weighted by atomic mass is 19.1. The first-order valence-corrected chi connectivity index (χ1v) is 15.2. The maximum Gasteiger partial charge on any atom is 0.220 e. The molecular weight excluding hydrogens is 563 g/mol. The van der Waals surface area contributed by atoms with Gasteiger partial charge in [0, 0.05) is 24.9 Å². The number of aliphatic hydroxyl groups excluding tert-OH is 1. The SMILES string of the molecule is C=C/C(=C\C=C(/C)[C@@H](O)[C@@H](CN1CCCC1)NC(=O)CCCCC(=O)c1ccc(OC)cc1)OCCOc1ccccc1F. The van der Waals surface area contributed by atoms with E-state index in [-0.39, 0.29) is 37.1 Å². The summed E-state index contributed by atoms with van der Waals surface area (Å²) in [5, 5.41) is 14.3. The van der Waals surface area contributed by atoms with Crippen molar-refractivity contribution >= 4 is 11.7 Å². The molecule has 0 radical (unpaired) electrons. The summed E-state index contributed by atoms with van der Waals surface area (Å²) in [6.07, 6.45) is 8.05. The molecule has 0 bridgehead atoms. The maximum absolute atomic E-state index is 13.7. The highest BCUT2D eigenvalue weighted by Crippen LogP contribution is 2.17. The van der Waals surface area contributed by atoms with E-state index in [1.165, 1.54) is 6.07 Å². The summed E-state index contributed by atoms with van der Waals surface area (Å²) in [6, 6.07) is 12.7. The van der Waals surface area contributed by atoms with Crippen molar-refractivity contribution in [3.05, 3.63) is 96.1 Å². The second-order valence-corrected chi connectivity index (χ2v) is 10.8. The van der Waals surface area contributed by atoms with Crippen LogP contribution in [0.5, 0.6) is 11.5 Å². The average Bonchev–Trinajstić information content (AvgIpc) is 3.56. The molecule has 0 spiro atoms. The number of likely N-dealkylation sites (tertiary alicyclic amines) is 1. The van der Waals surface area contributed by atoms with Crippen LogP contribution in [0.25, 0.3) is 0 Å². The van der Waals surface area contributed by atoms with E-state index in [0.717, 1.165) is 25.9 Å². The zero-order valence-electron chi connectivity index (χ0n) is 25.8. The molecule has 0 unspecified atom stereocenters. The molecule has 3 rings (SSSR count). The van der Waals surface area contributed by atoms with Crippen molar-refractivity contribution in [2.24, 2.45) is 0 Å². The Labute approximate surface area is 260 Å². The van der Waals surface area contributed by atoms with E-state index < -0.39 is 18.0 Å². The number of allylic oxidation sites excluding steroid dienone is 3. The van der Waals surface area contributed by atoms with E-state index in [2.05, 4.69) is 16.8 Å². The molecule has 1 saturated heterocycles. The van der Waals surface area contributed by atoms with Crippen molar-refractivity contribution in [1.82, 2.24) is 10.2 Å². The van der Waals surface area contributed by atoms with Gasteiger partial charge in [-0.15, -0.1) is 0 Å². The Morgan fingerprint density at radius 3 is 2.43 bits per heavy atom. The van der Waals surface area contributed by atoms with Gasteiger partial charge in [-0.25, -0.2) is 4.39 Å². The summed E-state index contributed by atoms with van der Waals surface area (Å²) in [5.74, 6) is 0.770. The molecule has 9 heteroatoms. The lowest BCUT2D eigenvalue weighted by molar-refractivity contribution is -0.122. The zero-order chi connectivity index (χ0) is 31.7. The number of aliphatic hydroxyl groups is 1. The molecule has 44 heavy (non-hydrogen) atoms. The summed E-state index contributed by atoms with van der Waals surface area (Å²) < 4.78 is 30.0. The number of unbranched alkanes of at least 4 members (excludes halogenated alkanes) is 1. The third-order valence-corrected chi connectivity index (χ3v) is 7.48. The fourth-order valence-corrected chi connectivity index (χ4v) is 4.92. The molecule has 1 aliphatic heterocycles. The number of amides is 1. The second-order valence-electron chi connectivity index (χ2n) is 10.8. The monoisotopic (exact) mass is 608 g/mol. The Morgan fingerprint density at radius 1 is 1.05 bits per heavy atom. The predicted molar refractivity (Wildman–Crippen MR) is 169 cm³/mol. The molecule has 1 fully saturated rings. The molecule has 0 aromatic heterocycles. The number of ketones is 1. The Bertz CT molecular complexity index is 1270. The molecule has 0 aliphatic carbocycles. The fourth-order valence-electron chi connectivity index (χ4n) is 4.92. The molecule has 2 N–H and O–H groups in total. The van der Waals surface area contributed by atoms with Crippen molar-refractivity contribution < 1.29 is 33.3 Å². The predicted octanol–water partition coefficient (Wildman–Crippen LogP) is 5.63. The Balaban J connectivity index is 1.50. The molecule has 1 aliphatic rings. The number of Topliss-reactive ketones (excluding diaryl/α,β-unsaturated/α-hetero) is 1. The Hall–Kier alpha value is -3.95. The van der Waals surface area contributed by atoms with Crippen LogP contribution in [-0.4, -0.2) is 73.8 Å². The Morgan fingerprint density at radius 2 is 1.75 bits per heavy atom. The van der Waals surface area contributed by atoms with Gasteiger partial charge in [0.05, 0.1) is 19.3 Å². The van der Waals surface area contributed by atoms with Crippen LogP contribution in [0.2, 0.25) is 0 Å². The third kappa shape index (κ3) is 11.6. The van der Waals surface area contributed by atoms with Crippen LogP contribution in [0.1, 0.15) is 55.8 Å². The summed E-state index contributed by atoms with van der Waals surface area (Å²) in [7, 11) is 1.58. The first-order valence-electron chi connectivity index (χ1n) is 15.2. The first kappa shape index (κ1) is 34.5. The number of carbonyl (C=O) groups excluding carboxylic acids is 2. The number of rotatable bonds is 19. The first-order chi connectivity index (χ1) is 21.3. The molecular formula is C35H45FN2O6. The number of halogens is 1. The van der Waals surface area contributed by atoms with Crippen LogP contribution in [0.4, 0.5) is 4.39 Å². The third-order valence-electron chi connectivity index (χ3n) is 7.48. The van der Waals surface area contributed by atoms with Crippen LogP contribution in [0.3, 0.4) is 0 Å². The minimum Gasteiger partial charge on any atom is -0.497 e. The van der Waals surface area contributed by atoms with Crippen LogP contribution in [0.15, 0.2) is 84.7 Å². The van der Waals surface area contributed by atoms with Gasteiger partial charge in [-0.05, 0) is 99.8 Å². The minimum absolute atomic E-state index is 0.0321. The zero-order valence-corrected chi connectivity index (χ0v) is 25.8. The second kappa shape index (κ2) is 18.7. The van der Waals surface area contributed by atoms with Crippen molar-refractivity contribution in [2.75, 3.05) is 40.0 Å². The molecule has 2 atom stereocenters. The number of para-hydroxylation sites is 1. The number of nitrogens with zero attached hydrogens (tertiary/aromatic N) is 1.